The summed E-state index contributed by atoms with van der Waals surface area (Å²) in [5, 5.41) is 8.71. The maximum absolute atomic E-state index is 10.6. The average molecular weight is 189 g/mol. The minimum Gasteiger partial charge on any atom is -0.477 e. The largest absolute Gasteiger partial charge is 0.477 e. The summed E-state index contributed by atoms with van der Waals surface area (Å²) in [5.74, 6) is -0.671. The van der Waals surface area contributed by atoms with Crippen LogP contribution in [0.2, 0.25) is 0 Å². The Morgan fingerprint density at radius 1 is 1.43 bits per heavy atom. The molecule has 0 aliphatic rings. The Bertz CT molecular complexity index is 451. The number of hydrogen-bond acceptors (Lipinski definition) is 3. The number of rotatable bonds is 2. The summed E-state index contributed by atoms with van der Waals surface area (Å²) in [6, 6.07) is 4.93. The molecule has 14 heavy (non-hydrogen) atoms. The van der Waals surface area contributed by atoms with Crippen LogP contribution in [0.5, 0.6) is 0 Å². The Labute approximate surface area is 79.5 Å². The highest BCUT2D eigenvalue weighted by Crippen LogP contribution is 2.10. The number of hydrogen-bond donors (Lipinski definition) is 2. The first-order valence-corrected chi connectivity index (χ1v) is 3.97. The van der Waals surface area contributed by atoms with Crippen LogP contribution < -0.4 is 0 Å². The summed E-state index contributed by atoms with van der Waals surface area (Å²) in [4.78, 5) is 21.4. The Morgan fingerprint density at radius 2 is 2.29 bits per heavy atom. The molecule has 0 aromatic carbocycles. The van der Waals surface area contributed by atoms with Gasteiger partial charge in [0.15, 0.2) is 11.5 Å². The highest BCUT2D eigenvalue weighted by atomic mass is 16.4. The van der Waals surface area contributed by atoms with Gasteiger partial charge >= 0.3 is 5.97 Å². The highest BCUT2D eigenvalue weighted by molar-refractivity contribution is 5.85. The molecule has 5 heteroatoms. The predicted molar refractivity (Wildman–Crippen MR) is 48.8 cm³/mol. The van der Waals surface area contributed by atoms with E-state index >= 15 is 0 Å². The molecule has 0 aliphatic carbocycles. The van der Waals surface area contributed by atoms with E-state index in [0.717, 1.165) is 0 Å². The van der Waals surface area contributed by atoms with Gasteiger partial charge in [0.05, 0.1) is 5.69 Å². The SMILES string of the molecule is O=C(O)c1ccnc(-c2ccc[nH]2)n1. The minimum atomic E-state index is -1.06. The Kier molecular flexibility index (Phi) is 1.98. The van der Waals surface area contributed by atoms with E-state index in [2.05, 4.69) is 15.0 Å². The van der Waals surface area contributed by atoms with Gasteiger partial charge in [-0.05, 0) is 18.2 Å². The van der Waals surface area contributed by atoms with Crippen LogP contribution in [-0.2, 0) is 0 Å². The molecule has 2 rings (SSSR count). The number of aromatic amines is 1. The summed E-state index contributed by atoms with van der Waals surface area (Å²) in [7, 11) is 0. The molecular formula is C9H7N3O2. The molecule has 2 aromatic heterocycles. The van der Waals surface area contributed by atoms with Gasteiger partial charge in [0.25, 0.3) is 0 Å². The van der Waals surface area contributed by atoms with Crippen molar-refractivity contribution in [3.8, 4) is 11.5 Å². The van der Waals surface area contributed by atoms with Gasteiger partial charge in [-0.1, -0.05) is 0 Å². The fourth-order valence-corrected chi connectivity index (χ4v) is 1.08. The van der Waals surface area contributed by atoms with Crippen LogP contribution >= 0.6 is 0 Å². The zero-order valence-electron chi connectivity index (χ0n) is 7.14. The third-order valence-electron chi connectivity index (χ3n) is 1.71. The van der Waals surface area contributed by atoms with Crippen LogP contribution in [0.3, 0.4) is 0 Å². The second-order valence-electron chi connectivity index (χ2n) is 2.65. The van der Waals surface area contributed by atoms with E-state index in [0.29, 0.717) is 11.5 Å². The highest BCUT2D eigenvalue weighted by Gasteiger charge is 2.07. The zero-order valence-corrected chi connectivity index (χ0v) is 7.14. The summed E-state index contributed by atoms with van der Waals surface area (Å²) >= 11 is 0. The standard InChI is InChI=1S/C9H7N3O2/c13-9(14)7-3-5-11-8(12-7)6-2-1-4-10-6/h1-5,10H,(H,13,14). The molecule has 0 unspecified atom stereocenters. The van der Waals surface area contributed by atoms with Gasteiger partial charge in [-0.2, -0.15) is 0 Å². The number of nitrogens with zero attached hydrogens (tertiary/aromatic N) is 2. The van der Waals surface area contributed by atoms with Crippen LogP contribution in [-0.4, -0.2) is 26.0 Å². The second-order valence-corrected chi connectivity index (χ2v) is 2.65. The monoisotopic (exact) mass is 189 g/mol. The third kappa shape index (κ3) is 1.47. The third-order valence-corrected chi connectivity index (χ3v) is 1.71. The molecule has 0 saturated heterocycles. The fraction of sp³-hybridized carbons (Fsp3) is 0. The van der Waals surface area contributed by atoms with Crippen LogP contribution in [0.1, 0.15) is 10.5 Å². The lowest BCUT2D eigenvalue weighted by molar-refractivity contribution is 0.0690. The van der Waals surface area contributed by atoms with Gasteiger partial charge < -0.3 is 10.1 Å². The number of nitrogens with one attached hydrogen (secondary N) is 1. The molecule has 2 heterocycles. The van der Waals surface area contributed by atoms with Crippen molar-refractivity contribution in [3.63, 3.8) is 0 Å². The van der Waals surface area contributed by atoms with Crippen molar-refractivity contribution in [2.45, 2.75) is 0 Å². The molecule has 70 valence electrons. The van der Waals surface area contributed by atoms with Crippen molar-refractivity contribution in [1.29, 1.82) is 0 Å². The van der Waals surface area contributed by atoms with E-state index < -0.39 is 5.97 Å². The smallest absolute Gasteiger partial charge is 0.354 e. The van der Waals surface area contributed by atoms with Crippen molar-refractivity contribution in [2.75, 3.05) is 0 Å². The number of carbonyl (C=O) groups is 1. The molecule has 0 spiro atoms. The number of H-pyrrole nitrogens is 1. The summed E-state index contributed by atoms with van der Waals surface area (Å²) in [6.45, 7) is 0. The summed E-state index contributed by atoms with van der Waals surface area (Å²) in [6.07, 6.45) is 3.15. The van der Waals surface area contributed by atoms with E-state index in [1.807, 2.05) is 0 Å². The maximum atomic E-state index is 10.6. The van der Waals surface area contributed by atoms with E-state index in [1.165, 1.54) is 12.3 Å². The molecule has 0 saturated carbocycles. The van der Waals surface area contributed by atoms with E-state index in [9.17, 15) is 4.79 Å². The molecule has 0 atom stereocenters. The van der Waals surface area contributed by atoms with Crippen molar-refractivity contribution in [3.05, 3.63) is 36.3 Å². The number of aromatic nitrogens is 3. The molecule has 0 fully saturated rings. The minimum absolute atomic E-state index is 0.00963. The first kappa shape index (κ1) is 8.43. The van der Waals surface area contributed by atoms with Gasteiger partial charge in [-0.15, -0.1) is 0 Å². The predicted octanol–water partition coefficient (Wildman–Crippen LogP) is 1.17. The first-order chi connectivity index (χ1) is 6.77. The van der Waals surface area contributed by atoms with Crippen LogP contribution in [0.25, 0.3) is 11.5 Å². The Morgan fingerprint density at radius 3 is 2.93 bits per heavy atom. The van der Waals surface area contributed by atoms with Crippen molar-refractivity contribution in [1.82, 2.24) is 15.0 Å². The van der Waals surface area contributed by atoms with Crippen LogP contribution in [0.15, 0.2) is 30.6 Å². The Balaban J connectivity index is 2.46. The quantitative estimate of drug-likeness (QED) is 0.743. The molecule has 5 nitrogen and oxygen atoms in total. The number of carboxylic acid groups (broad SMARTS) is 1. The fourth-order valence-electron chi connectivity index (χ4n) is 1.08. The van der Waals surface area contributed by atoms with Crippen molar-refractivity contribution < 1.29 is 9.90 Å². The van der Waals surface area contributed by atoms with E-state index in [1.54, 1.807) is 18.3 Å². The van der Waals surface area contributed by atoms with Gasteiger partial charge in [0, 0.05) is 12.4 Å². The second kappa shape index (κ2) is 3.29. The van der Waals surface area contributed by atoms with E-state index in [-0.39, 0.29) is 5.69 Å². The molecule has 2 N–H and O–H groups in total. The number of aromatic carboxylic acids is 1. The van der Waals surface area contributed by atoms with E-state index in [4.69, 9.17) is 5.11 Å². The van der Waals surface area contributed by atoms with Crippen LogP contribution in [0.4, 0.5) is 0 Å². The molecule has 0 amide bonds. The molecular weight excluding hydrogens is 182 g/mol. The number of carboxylic acids is 1. The molecule has 0 radical (unpaired) electrons. The van der Waals surface area contributed by atoms with Gasteiger partial charge in [-0.25, -0.2) is 14.8 Å². The molecule has 2 aromatic rings. The average Bonchev–Trinajstić information content (AvgIpc) is 2.71. The van der Waals surface area contributed by atoms with Crippen LogP contribution in [0, 0.1) is 0 Å². The first-order valence-electron chi connectivity index (χ1n) is 3.97. The molecule has 0 bridgehead atoms. The lowest BCUT2D eigenvalue weighted by atomic mass is 10.3. The zero-order chi connectivity index (χ0) is 9.97. The lowest BCUT2D eigenvalue weighted by Crippen LogP contribution is -2.02. The van der Waals surface area contributed by atoms with Crippen molar-refractivity contribution in [2.24, 2.45) is 0 Å². The van der Waals surface area contributed by atoms with Gasteiger partial charge in [-0.3, -0.25) is 0 Å². The lowest BCUT2D eigenvalue weighted by Gasteiger charge is -1.97. The van der Waals surface area contributed by atoms with Crippen molar-refractivity contribution >= 4 is 5.97 Å². The van der Waals surface area contributed by atoms with Gasteiger partial charge in [0.1, 0.15) is 0 Å². The Hall–Kier alpha value is -2.17. The molecule has 0 aliphatic heterocycles. The normalized spacial score (nSPS) is 10.0. The summed E-state index contributed by atoms with van der Waals surface area (Å²) < 4.78 is 0. The summed E-state index contributed by atoms with van der Waals surface area (Å²) in [5.41, 5.74) is 0.692. The van der Waals surface area contributed by atoms with Gasteiger partial charge in [0.2, 0.25) is 0 Å². The topological polar surface area (TPSA) is 78.9 Å². The maximum Gasteiger partial charge on any atom is 0.354 e.